The number of nitrogens with zero attached hydrogens (tertiary/aromatic N) is 3. The van der Waals surface area contributed by atoms with E-state index < -0.39 is 0 Å². The van der Waals surface area contributed by atoms with Crippen molar-refractivity contribution in [1.29, 1.82) is 5.26 Å². The maximum Gasteiger partial charge on any atom is 0.144 e. The zero-order chi connectivity index (χ0) is 12.8. The zero-order valence-corrected chi connectivity index (χ0v) is 10.2. The van der Waals surface area contributed by atoms with Crippen LogP contribution in [-0.2, 0) is 6.54 Å². The molecular formula is C14H14N4. The Hall–Kier alpha value is -2.25. The fraction of sp³-hybridized carbons (Fsp3) is 0.214. The van der Waals surface area contributed by atoms with Gasteiger partial charge in [0.05, 0.1) is 5.69 Å². The molecule has 1 N–H and O–H groups in total. The molecule has 90 valence electrons. The fourth-order valence-electron chi connectivity index (χ4n) is 1.68. The lowest BCUT2D eigenvalue weighted by Gasteiger charge is -2.13. The van der Waals surface area contributed by atoms with Crippen LogP contribution in [0.25, 0.3) is 0 Å². The molecular weight excluding hydrogens is 224 g/mol. The molecule has 0 radical (unpaired) electrons. The summed E-state index contributed by atoms with van der Waals surface area (Å²) in [4.78, 5) is 8.32. The lowest BCUT2D eigenvalue weighted by atomic mass is 10.1. The lowest BCUT2D eigenvalue weighted by Crippen LogP contribution is -2.19. The molecule has 0 aliphatic heterocycles. The monoisotopic (exact) mass is 238 g/mol. The molecule has 2 aromatic rings. The van der Waals surface area contributed by atoms with Crippen LogP contribution in [-0.4, -0.2) is 9.97 Å². The SMILES string of the molecule is CC(NCc1cccnc1C#N)c1ccccn1. The van der Waals surface area contributed by atoms with Gasteiger partial charge in [0.15, 0.2) is 0 Å². The molecule has 4 heteroatoms. The van der Waals surface area contributed by atoms with Gasteiger partial charge in [0.2, 0.25) is 0 Å². The van der Waals surface area contributed by atoms with Gasteiger partial charge in [-0.2, -0.15) is 5.26 Å². The van der Waals surface area contributed by atoms with Crippen molar-refractivity contribution in [2.24, 2.45) is 0 Å². The summed E-state index contributed by atoms with van der Waals surface area (Å²) >= 11 is 0. The highest BCUT2D eigenvalue weighted by Gasteiger charge is 2.07. The van der Waals surface area contributed by atoms with Gasteiger partial charge in [0, 0.05) is 30.5 Å². The Bertz CT molecular complexity index is 545. The standard InChI is InChI=1S/C14H14N4/c1-11(13-6-2-3-7-16-13)18-10-12-5-4-8-17-14(12)9-15/h2-8,11,18H,10H2,1H3. The molecule has 1 atom stereocenters. The highest BCUT2D eigenvalue weighted by molar-refractivity contribution is 5.30. The summed E-state index contributed by atoms with van der Waals surface area (Å²) in [5.41, 5.74) is 2.36. The van der Waals surface area contributed by atoms with Gasteiger partial charge in [-0.25, -0.2) is 4.98 Å². The maximum atomic E-state index is 8.95. The Morgan fingerprint density at radius 3 is 2.78 bits per heavy atom. The van der Waals surface area contributed by atoms with E-state index in [1.807, 2.05) is 37.3 Å². The highest BCUT2D eigenvalue weighted by Crippen LogP contribution is 2.10. The fourth-order valence-corrected chi connectivity index (χ4v) is 1.68. The minimum atomic E-state index is 0.137. The van der Waals surface area contributed by atoms with Crippen LogP contribution >= 0.6 is 0 Å². The van der Waals surface area contributed by atoms with Gasteiger partial charge in [-0.15, -0.1) is 0 Å². The summed E-state index contributed by atoms with van der Waals surface area (Å²) in [7, 11) is 0. The van der Waals surface area contributed by atoms with Gasteiger partial charge >= 0.3 is 0 Å². The quantitative estimate of drug-likeness (QED) is 0.887. The molecule has 2 aromatic heterocycles. The summed E-state index contributed by atoms with van der Waals surface area (Å²) in [6.07, 6.45) is 3.41. The minimum absolute atomic E-state index is 0.137. The first-order valence-corrected chi connectivity index (χ1v) is 5.79. The molecule has 18 heavy (non-hydrogen) atoms. The van der Waals surface area contributed by atoms with Crippen LogP contribution in [0.15, 0.2) is 42.7 Å². The second-order valence-corrected chi connectivity index (χ2v) is 3.98. The summed E-state index contributed by atoms with van der Waals surface area (Å²) < 4.78 is 0. The van der Waals surface area contributed by atoms with Crippen LogP contribution in [0.5, 0.6) is 0 Å². The third-order valence-electron chi connectivity index (χ3n) is 2.73. The van der Waals surface area contributed by atoms with Crippen molar-refractivity contribution < 1.29 is 0 Å². The number of nitrogens with one attached hydrogen (secondary N) is 1. The van der Waals surface area contributed by atoms with Crippen LogP contribution in [0.3, 0.4) is 0 Å². The third kappa shape index (κ3) is 2.90. The van der Waals surface area contributed by atoms with Crippen LogP contribution in [0, 0.1) is 11.3 Å². The maximum absolute atomic E-state index is 8.95. The Kier molecular flexibility index (Phi) is 4.00. The number of pyridine rings is 2. The van der Waals surface area contributed by atoms with Crippen molar-refractivity contribution in [3.05, 3.63) is 59.7 Å². The summed E-state index contributed by atoms with van der Waals surface area (Å²) in [5, 5.41) is 12.3. The minimum Gasteiger partial charge on any atom is -0.305 e. The second-order valence-electron chi connectivity index (χ2n) is 3.98. The summed E-state index contributed by atoms with van der Waals surface area (Å²) in [5.74, 6) is 0. The molecule has 0 bridgehead atoms. The molecule has 4 nitrogen and oxygen atoms in total. The Morgan fingerprint density at radius 2 is 2.06 bits per heavy atom. The van der Waals surface area contributed by atoms with E-state index >= 15 is 0 Å². The first kappa shape index (κ1) is 12.2. The Balaban J connectivity index is 2.02. The van der Waals surface area contributed by atoms with Crippen molar-refractivity contribution in [1.82, 2.24) is 15.3 Å². The number of rotatable bonds is 4. The predicted molar refractivity (Wildman–Crippen MR) is 68.4 cm³/mol. The van der Waals surface area contributed by atoms with Gasteiger partial charge in [-0.1, -0.05) is 12.1 Å². The predicted octanol–water partition coefficient (Wildman–Crippen LogP) is 2.20. The van der Waals surface area contributed by atoms with Crippen molar-refractivity contribution >= 4 is 0 Å². The van der Waals surface area contributed by atoms with E-state index in [1.54, 1.807) is 12.4 Å². The van der Waals surface area contributed by atoms with E-state index in [4.69, 9.17) is 5.26 Å². The van der Waals surface area contributed by atoms with Gasteiger partial charge in [0.25, 0.3) is 0 Å². The zero-order valence-electron chi connectivity index (χ0n) is 10.2. The smallest absolute Gasteiger partial charge is 0.144 e. The molecule has 0 saturated heterocycles. The van der Waals surface area contributed by atoms with Crippen LogP contribution in [0.1, 0.15) is 29.9 Å². The third-order valence-corrected chi connectivity index (χ3v) is 2.73. The largest absolute Gasteiger partial charge is 0.305 e. The van der Waals surface area contributed by atoms with E-state index in [0.29, 0.717) is 12.2 Å². The average molecular weight is 238 g/mol. The molecule has 2 rings (SSSR count). The molecule has 0 aliphatic rings. The van der Waals surface area contributed by atoms with Crippen molar-refractivity contribution in [3.63, 3.8) is 0 Å². The number of hydrogen-bond donors (Lipinski definition) is 1. The molecule has 0 aliphatic carbocycles. The van der Waals surface area contributed by atoms with Crippen molar-refractivity contribution in [2.45, 2.75) is 19.5 Å². The first-order chi connectivity index (χ1) is 8.81. The Labute approximate surface area is 106 Å². The molecule has 2 heterocycles. The van der Waals surface area contributed by atoms with Gasteiger partial charge in [-0.05, 0) is 25.1 Å². The highest BCUT2D eigenvalue weighted by atomic mass is 14.9. The van der Waals surface area contributed by atoms with Crippen molar-refractivity contribution in [3.8, 4) is 6.07 Å². The van der Waals surface area contributed by atoms with E-state index in [1.165, 1.54) is 0 Å². The molecule has 0 spiro atoms. The number of aromatic nitrogens is 2. The van der Waals surface area contributed by atoms with Crippen molar-refractivity contribution in [2.75, 3.05) is 0 Å². The van der Waals surface area contributed by atoms with E-state index in [9.17, 15) is 0 Å². The Morgan fingerprint density at radius 1 is 1.22 bits per heavy atom. The number of nitriles is 1. The van der Waals surface area contributed by atoms with E-state index in [0.717, 1.165) is 11.3 Å². The summed E-state index contributed by atoms with van der Waals surface area (Å²) in [6.45, 7) is 2.65. The lowest BCUT2D eigenvalue weighted by molar-refractivity contribution is 0.560. The average Bonchev–Trinajstić information content (AvgIpc) is 2.46. The van der Waals surface area contributed by atoms with Gasteiger partial charge in [0.1, 0.15) is 11.8 Å². The van der Waals surface area contributed by atoms with Gasteiger partial charge < -0.3 is 5.32 Å². The van der Waals surface area contributed by atoms with Crippen LogP contribution < -0.4 is 5.32 Å². The molecule has 0 amide bonds. The first-order valence-electron chi connectivity index (χ1n) is 5.79. The number of hydrogen-bond acceptors (Lipinski definition) is 4. The van der Waals surface area contributed by atoms with E-state index in [2.05, 4.69) is 21.4 Å². The van der Waals surface area contributed by atoms with Crippen LogP contribution in [0.4, 0.5) is 0 Å². The molecule has 0 fully saturated rings. The normalized spacial score (nSPS) is 11.8. The summed E-state index contributed by atoms with van der Waals surface area (Å²) in [6, 6.07) is 11.8. The van der Waals surface area contributed by atoms with Crippen LogP contribution in [0.2, 0.25) is 0 Å². The molecule has 0 aromatic carbocycles. The second kappa shape index (κ2) is 5.89. The van der Waals surface area contributed by atoms with Gasteiger partial charge in [-0.3, -0.25) is 4.98 Å². The van der Waals surface area contributed by atoms with E-state index in [-0.39, 0.29) is 6.04 Å². The molecule has 1 unspecified atom stereocenters. The topological polar surface area (TPSA) is 61.6 Å². The molecule has 0 saturated carbocycles.